The van der Waals surface area contributed by atoms with E-state index in [0.29, 0.717) is 0 Å². The Morgan fingerprint density at radius 2 is 1.88 bits per heavy atom. The standard InChI is InChI=1S/C14H23NO/c16-12-13(7-3-1-4-8-13)11-15-14(12)9-5-2-6-10-14/h5,9,12,15-16H,1-4,6-8,10-11H2/t12-,14-/m0/s1. The molecule has 0 radical (unpaired) electrons. The minimum absolute atomic E-state index is 0.0738. The molecule has 0 aromatic heterocycles. The molecule has 1 saturated heterocycles. The molecule has 2 nitrogen and oxygen atoms in total. The Labute approximate surface area is 98.1 Å². The second-order valence-corrected chi connectivity index (χ2v) is 6.01. The van der Waals surface area contributed by atoms with Gasteiger partial charge in [-0.2, -0.15) is 0 Å². The summed E-state index contributed by atoms with van der Waals surface area (Å²) in [5.41, 5.74) is 0.121. The third kappa shape index (κ3) is 1.46. The molecule has 2 spiro atoms. The molecule has 0 aromatic rings. The van der Waals surface area contributed by atoms with Crippen molar-refractivity contribution in [3.63, 3.8) is 0 Å². The van der Waals surface area contributed by atoms with Crippen molar-refractivity contribution >= 4 is 0 Å². The summed E-state index contributed by atoms with van der Waals surface area (Å²) >= 11 is 0. The van der Waals surface area contributed by atoms with Gasteiger partial charge in [-0.15, -0.1) is 0 Å². The molecule has 1 aliphatic heterocycles. The normalized spacial score (nSPS) is 41.9. The molecule has 0 aromatic carbocycles. The van der Waals surface area contributed by atoms with Gasteiger partial charge in [-0.3, -0.25) is 0 Å². The first-order valence-electron chi connectivity index (χ1n) is 6.88. The van der Waals surface area contributed by atoms with Crippen molar-refractivity contribution in [1.29, 1.82) is 0 Å². The van der Waals surface area contributed by atoms with Crippen molar-refractivity contribution in [2.45, 2.75) is 63.0 Å². The smallest absolute Gasteiger partial charge is 0.0825 e. The van der Waals surface area contributed by atoms with Crippen LogP contribution in [0.25, 0.3) is 0 Å². The maximum Gasteiger partial charge on any atom is 0.0825 e. The lowest BCUT2D eigenvalue weighted by Gasteiger charge is -2.40. The van der Waals surface area contributed by atoms with Crippen LogP contribution < -0.4 is 5.32 Å². The fourth-order valence-corrected chi connectivity index (χ4v) is 4.05. The summed E-state index contributed by atoms with van der Waals surface area (Å²) in [5, 5.41) is 14.4. The predicted molar refractivity (Wildman–Crippen MR) is 65.2 cm³/mol. The molecule has 0 unspecified atom stereocenters. The minimum atomic E-state index is -0.156. The van der Waals surface area contributed by atoms with E-state index in [2.05, 4.69) is 17.5 Å². The lowest BCUT2D eigenvalue weighted by atomic mass is 9.67. The van der Waals surface area contributed by atoms with E-state index in [4.69, 9.17) is 0 Å². The topological polar surface area (TPSA) is 32.3 Å². The van der Waals surface area contributed by atoms with Gasteiger partial charge in [0.25, 0.3) is 0 Å². The van der Waals surface area contributed by atoms with E-state index >= 15 is 0 Å². The first-order chi connectivity index (χ1) is 7.78. The first-order valence-corrected chi connectivity index (χ1v) is 6.88. The highest BCUT2D eigenvalue weighted by Crippen LogP contribution is 2.48. The fraction of sp³-hybridized carbons (Fsp3) is 0.857. The van der Waals surface area contributed by atoms with Gasteiger partial charge in [0, 0.05) is 12.0 Å². The first kappa shape index (κ1) is 10.8. The van der Waals surface area contributed by atoms with Gasteiger partial charge in [0.05, 0.1) is 11.6 Å². The van der Waals surface area contributed by atoms with E-state index < -0.39 is 0 Å². The SMILES string of the molecule is O[C@H]1C2(CCCCC2)CN[C@]12C=CCCC2. The van der Waals surface area contributed by atoms with Gasteiger partial charge >= 0.3 is 0 Å². The van der Waals surface area contributed by atoms with Gasteiger partial charge < -0.3 is 10.4 Å². The third-order valence-corrected chi connectivity index (χ3v) is 5.06. The second kappa shape index (κ2) is 3.85. The van der Waals surface area contributed by atoms with Crippen molar-refractivity contribution in [3.8, 4) is 0 Å². The highest BCUT2D eigenvalue weighted by atomic mass is 16.3. The van der Waals surface area contributed by atoms with Crippen molar-refractivity contribution < 1.29 is 5.11 Å². The number of aliphatic hydroxyl groups is 1. The second-order valence-electron chi connectivity index (χ2n) is 6.01. The number of rotatable bonds is 0. The lowest BCUT2D eigenvalue weighted by Crippen LogP contribution is -2.49. The molecular formula is C14H23NO. The number of allylic oxidation sites excluding steroid dienone is 1. The molecule has 2 fully saturated rings. The molecule has 3 rings (SSSR count). The van der Waals surface area contributed by atoms with Crippen LogP contribution in [0.5, 0.6) is 0 Å². The summed E-state index contributed by atoms with van der Waals surface area (Å²) in [5.74, 6) is 0. The summed E-state index contributed by atoms with van der Waals surface area (Å²) in [6.07, 6.45) is 14.3. The lowest BCUT2D eigenvalue weighted by molar-refractivity contribution is 0.000767. The Bertz CT molecular complexity index is 293. The van der Waals surface area contributed by atoms with Crippen LogP contribution in [0.2, 0.25) is 0 Å². The van der Waals surface area contributed by atoms with Gasteiger partial charge in [0.1, 0.15) is 0 Å². The van der Waals surface area contributed by atoms with Crippen molar-refractivity contribution in [2.24, 2.45) is 5.41 Å². The Balaban J connectivity index is 1.85. The quantitative estimate of drug-likeness (QED) is 0.616. The molecule has 3 aliphatic rings. The maximum atomic E-state index is 10.8. The number of aliphatic hydroxyl groups excluding tert-OH is 1. The number of nitrogens with one attached hydrogen (secondary N) is 1. The van der Waals surface area contributed by atoms with Crippen LogP contribution in [0.15, 0.2) is 12.2 Å². The van der Waals surface area contributed by atoms with Crippen molar-refractivity contribution in [1.82, 2.24) is 5.32 Å². The van der Waals surface area contributed by atoms with E-state index in [9.17, 15) is 5.11 Å². The molecule has 0 bridgehead atoms. The molecule has 2 aliphatic carbocycles. The van der Waals surface area contributed by atoms with Crippen LogP contribution in [0.4, 0.5) is 0 Å². The molecule has 2 atom stereocenters. The summed E-state index contributed by atoms with van der Waals surface area (Å²) < 4.78 is 0. The van der Waals surface area contributed by atoms with Gasteiger partial charge in [0.15, 0.2) is 0 Å². The van der Waals surface area contributed by atoms with E-state index in [1.54, 1.807) is 0 Å². The van der Waals surface area contributed by atoms with Gasteiger partial charge in [0.2, 0.25) is 0 Å². The molecule has 2 N–H and O–H groups in total. The van der Waals surface area contributed by atoms with Crippen molar-refractivity contribution in [3.05, 3.63) is 12.2 Å². The summed E-state index contributed by atoms with van der Waals surface area (Å²) in [6.45, 7) is 1.03. The Kier molecular flexibility index (Phi) is 2.60. The van der Waals surface area contributed by atoms with E-state index in [1.807, 2.05) is 0 Å². The summed E-state index contributed by atoms with van der Waals surface area (Å²) in [7, 11) is 0. The molecule has 2 heteroatoms. The Morgan fingerprint density at radius 3 is 2.56 bits per heavy atom. The van der Waals surface area contributed by atoms with Crippen LogP contribution in [0.1, 0.15) is 51.4 Å². The van der Waals surface area contributed by atoms with Gasteiger partial charge in [-0.1, -0.05) is 31.4 Å². The van der Waals surface area contributed by atoms with Crippen LogP contribution in [0, 0.1) is 5.41 Å². The third-order valence-electron chi connectivity index (χ3n) is 5.06. The predicted octanol–water partition coefficient (Wildman–Crippen LogP) is 2.38. The van der Waals surface area contributed by atoms with E-state index in [1.165, 1.54) is 44.9 Å². The number of hydrogen-bond acceptors (Lipinski definition) is 2. The van der Waals surface area contributed by atoms with Crippen LogP contribution in [0.3, 0.4) is 0 Å². The van der Waals surface area contributed by atoms with Gasteiger partial charge in [-0.25, -0.2) is 0 Å². The monoisotopic (exact) mass is 221 g/mol. The highest BCUT2D eigenvalue weighted by molar-refractivity contribution is 5.22. The Morgan fingerprint density at radius 1 is 1.06 bits per heavy atom. The maximum absolute atomic E-state index is 10.8. The molecule has 1 heterocycles. The Hall–Kier alpha value is -0.340. The average Bonchev–Trinajstić information content (AvgIpc) is 2.59. The van der Waals surface area contributed by atoms with Gasteiger partial charge in [-0.05, 0) is 32.1 Å². The number of hydrogen-bond donors (Lipinski definition) is 2. The van der Waals surface area contributed by atoms with Crippen LogP contribution >= 0.6 is 0 Å². The van der Waals surface area contributed by atoms with Crippen molar-refractivity contribution in [2.75, 3.05) is 6.54 Å². The molecular weight excluding hydrogens is 198 g/mol. The summed E-state index contributed by atoms with van der Waals surface area (Å²) in [4.78, 5) is 0. The minimum Gasteiger partial charge on any atom is -0.390 e. The van der Waals surface area contributed by atoms with E-state index in [0.717, 1.165) is 13.0 Å². The van der Waals surface area contributed by atoms with Crippen LogP contribution in [-0.2, 0) is 0 Å². The largest absolute Gasteiger partial charge is 0.390 e. The molecule has 1 saturated carbocycles. The van der Waals surface area contributed by atoms with Crippen LogP contribution in [-0.4, -0.2) is 23.3 Å². The molecule has 0 amide bonds. The molecule has 90 valence electrons. The zero-order chi connectivity index (χ0) is 11.1. The zero-order valence-corrected chi connectivity index (χ0v) is 10.0. The highest BCUT2D eigenvalue weighted by Gasteiger charge is 2.54. The summed E-state index contributed by atoms with van der Waals surface area (Å²) in [6, 6.07) is 0. The average molecular weight is 221 g/mol. The fourth-order valence-electron chi connectivity index (χ4n) is 4.05. The molecule has 16 heavy (non-hydrogen) atoms. The van der Waals surface area contributed by atoms with E-state index in [-0.39, 0.29) is 17.1 Å². The zero-order valence-electron chi connectivity index (χ0n) is 10.0.